The first-order valence-corrected chi connectivity index (χ1v) is 9.96. The van der Waals surface area contributed by atoms with E-state index in [9.17, 15) is 0 Å². The molecule has 0 spiro atoms. The number of hydrogen-bond donors (Lipinski definition) is 2. The largest absolute Gasteiger partial charge is 0.486 e. The molecule has 2 aliphatic rings. The molecule has 2 aliphatic heterocycles. The summed E-state index contributed by atoms with van der Waals surface area (Å²) in [4.78, 5) is 6.76. The van der Waals surface area contributed by atoms with Crippen molar-refractivity contribution in [1.29, 1.82) is 0 Å². The van der Waals surface area contributed by atoms with E-state index in [0.717, 1.165) is 31.0 Å². The lowest BCUT2D eigenvalue weighted by Gasteiger charge is -2.22. The fraction of sp³-hybridized carbons (Fsp3) is 0.381. The van der Waals surface area contributed by atoms with Crippen molar-refractivity contribution in [3.8, 4) is 11.5 Å². The van der Waals surface area contributed by atoms with Gasteiger partial charge in [0.15, 0.2) is 17.5 Å². The van der Waals surface area contributed by atoms with Crippen molar-refractivity contribution in [3.63, 3.8) is 0 Å². The quantitative estimate of drug-likeness (QED) is 0.360. The number of nitrogens with zero attached hydrogens (tertiary/aromatic N) is 2. The first-order valence-electron chi connectivity index (χ1n) is 9.58. The van der Waals surface area contributed by atoms with Gasteiger partial charge in [0.25, 0.3) is 0 Å². The second kappa shape index (κ2) is 10.2. The van der Waals surface area contributed by atoms with Gasteiger partial charge < -0.3 is 25.0 Å². The van der Waals surface area contributed by atoms with Crippen LogP contribution >= 0.6 is 35.6 Å². The van der Waals surface area contributed by atoms with Crippen LogP contribution < -0.4 is 25.0 Å². The molecule has 1 saturated heterocycles. The fourth-order valence-corrected chi connectivity index (χ4v) is 3.88. The number of para-hydroxylation sites is 1. The van der Waals surface area contributed by atoms with Crippen molar-refractivity contribution in [2.45, 2.75) is 19.0 Å². The Hall–Kier alpha value is -1.87. The molecule has 6 nitrogen and oxygen atoms in total. The van der Waals surface area contributed by atoms with Crippen molar-refractivity contribution < 1.29 is 9.47 Å². The standard InChI is InChI=1S/C21H25ClN4O2.HI/c1-23-21(25-16-7-8-26(14-16)17-5-3-2-4-6-17)24-13-15-11-18(22)20-19(12-15)27-9-10-28-20;/h2-6,11-12,16H,7-10,13-14H2,1H3,(H2,23,24,25);1H. The Morgan fingerprint density at radius 2 is 2.00 bits per heavy atom. The Bertz CT molecular complexity index is 850. The van der Waals surface area contributed by atoms with Crippen LogP contribution in [0.25, 0.3) is 0 Å². The van der Waals surface area contributed by atoms with E-state index in [0.29, 0.717) is 42.3 Å². The first-order chi connectivity index (χ1) is 13.7. The average molecular weight is 529 g/mol. The summed E-state index contributed by atoms with van der Waals surface area (Å²) in [5.74, 6) is 2.12. The Balaban J connectivity index is 0.00000240. The van der Waals surface area contributed by atoms with Crippen LogP contribution in [0.3, 0.4) is 0 Å². The molecule has 2 aromatic rings. The highest BCUT2D eigenvalue weighted by molar-refractivity contribution is 14.0. The summed E-state index contributed by atoms with van der Waals surface area (Å²) >= 11 is 6.32. The van der Waals surface area contributed by atoms with E-state index in [2.05, 4.69) is 44.8 Å². The smallest absolute Gasteiger partial charge is 0.191 e. The molecule has 0 saturated carbocycles. The third kappa shape index (κ3) is 5.39. The van der Waals surface area contributed by atoms with Crippen molar-refractivity contribution in [1.82, 2.24) is 10.6 Å². The molecule has 1 fully saturated rings. The molecule has 2 aromatic carbocycles. The number of nitrogens with one attached hydrogen (secondary N) is 2. The highest BCUT2D eigenvalue weighted by atomic mass is 127. The minimum absolute atomic E-state index is 0. The zero-order chi connectivity index (χ0) is 19.3. The van der Waals surface area contributed by atoms with E-state index >= 15 is 0 Å². The van der Waals surface area contributed by atoms with Crippen molar-refractivity contribution in [2.75, 3.05) is 38.3 Å². The molecule has 156 valence electrons. The molecule has 0 bridgehead atoms. The zero-order valence-electron chi connectivity index (χ0n) is 16.4. The van der Waals surface area contributed by atoms with Gasteiger partial charge >= 0.3 is 0 Å². The number of benzene rings is 2. The molecular weight excluding hydrogens is 503 g/mol. The Morgan fingerprint density at radius 1 is 1.21 bits per heavy atom. The summed E-state index contributed by atoms with van der Waals surface area (Å²) in [6, 6.07) is 14.7. The molecule has 1 unspecified atom stereocenters. The number of guanidine groups is 1. The predicted octanol–water partition coefficient (Wildman–Crippen LogP) is 3.67. The van der Waals surface area contributed by atoms with Crippen LogP contribution in [-0.2, 0) is 6.54 Å². The molecule has 29 heavy (non-hydrogen) atoms. The van der Waals surface area contributed by atoms with Crippen molar-refractivity contribution >= 4 is 47.2 Å². The maximum absolute atomic E-state index is 6.32. The lowest BCUT2D eigenvalue weighted by Crippen LogP contribution is -2.44. The number of fused-ring (bicyclic) bond motifs is 1. The minimum Gasteiger partial charge on any atom is -0.486 e. The monoisotopic (exact) mass is 528 g/mol. The second-order valence-corrected chi connectivity index (χ2v) is 7.35. The van der Waals surface area contributed by atoms with E-state index in [1.54, 1.807) is 7.05 Å². The van der Waals surface area contributed by atoms with E-state index in [4.69, 9.17) is 21.1 Å². The number of ether oxygens (including phenoxy) is 2. The van der Waals surface area contributed by atoms with Gasteiger partial charge in [-0.25, -0.2) is 0 Å². The summed E-state index contributed by atoms with van der Waals surface area (Å²) in [6.45, 7) is 3.67. The normalized spacial score (nSPS) is 18.2. The van der Waals surface area contributed by atoms with Gasteiger partial charge in [-0.05, 0) is 36.2 Å². The Kier molecular flexibility index (Phi) is 7.71. The van der Waals surface area contributed by atoms with E-state index in [-0.39, 0.29) is 24.0 Å². The van der Waals surface area contributed by atoms with Crippen molar-refractivity contribution in [3.05, 3.63) is 53.1 Å². The van der Waals surface area contributed by atoms with Crippen LogP contribution in [0.5, 0.6) is 11.5 Å². The highest BCUT2D eigenvalue weighted by Crippen LogP contribution is 2.38. The van der Waals surface area contributed by atoms with E-state index in [1.807, 2.05) is 18.2 Å². The third-order valence-corrected chi connectivity index (χ3v) is 5.27. The first kappa shape index (κ1) is 21.8. The van der Waals surface area contributed by atoms with E-state index in [1.165, 1.54) is 5.69 Å². The van der Waals surface area contributed by atoms with Gasteiger partial charge in [0.05, 0.1) is 5.02 Å². The summed E-state index contributed by atoms with van der Waals surface area (Å²) in [6.07, 6.45) is 1.07. The molecule has 8 heteroatoms. The van der Waals surface area contributed by atoms with Crippen LogP contribution in [0.15, 0.2) is 47.5 Å². The lowest BCUT2D eigenvalue weighted by atomic mass is 10.2. The predicted molar refractivity (Wildman–Crippen MR) is 128 cm³/mol. The SMILES string of the molecule is CN=C(NCc1cc(Cl)c2c(c1)OCCO2)NC1CCN(c2ccccc2)C1.I. The van der Waals surface area contributed by atoms with Gasteiger partial charge in [0.2, 0.25) is 0 Å². The molecule has 1 atom stereocenters. The fourth-order valence-electron chi connectivity index (χ4n) is 3.59. The highest BCUT2D eigenvalue weighted by Gasteiger charge is 2.23. The summed E-state index contributed by atoms with van der Waals surface area (Å²) < 4.78 is 11.2. The molecule has 0 amide bonds. The number of halogens is 2. The molecule has 2 heterocycles. The van der Waals surface area contributed by atoms with Gasteiger partial charge in [-0.2, -0.15) is 0 Å². The van der Waals surface area contributed by atoms with Crippen LogP contribution in [0.2, 0.25) is 5.02 Å². The number of anilines is 1. The van der Waals surface area contributed by atoms with Gasteiger partial charge in [-0.3, -0.25) is 4.99 Å². The van der Waals surface area contributed by atoms with Gasteiger partial charge in [0, 0.05) is 38.4 Å². The van der Waals surface area contributed by atoms with Crippen LogP contribution in [-0.4, -0.2) is 45.4 Å². The number of rotatable bonds is 4. The minimum atomic E-state index is 0. The lowest BCUT2D eigenvalue weighted by molar-refractivity contribution is 0.171. The van der Waals surface area contributed by atoms with Crippen LogP contribution in [0, 0.1) is 0 Å². The molecule has 4 rings (SSSR count). The number of aliphatic imine (C=N–C) groups is 1. The van der Waals surface area contributed by atoms with Gasteiger partial charge in [-0.1, -0.05) is 29.8 Å². The maximum atomic E-state index is 6.32. The van der Waals surface area contributed by atoms with Crippen LogP contribution in [0.4, 0.5) is 5.69 Å². The molecule has 0 aliphatic carbocycles. The second-order valence-electron chi connectivity index (χ2n) is 6.94. The summed E-state index contributed by atoms with van der Waals surface area (Å²) in [5.41, 5.74) is 2.29. The molecule has 0 radical (unpaired) electrons. The number of hydrogen-bond acceptors (Lipinski definition) is 4. The van der Waals surface area contributed by atoms with Crippen molar-refractivity contribution in [2.24, 2.45) is 4.99 Å². The maximum Gasteiger partial charge on any atom is 0.191 e. The summed E-state index contributed by atoms with van der Waals surface area (Å²) in [5, 5.41) is 7.46. The molecule has 0 aromatic heterocycles. The zero-order valence-corrected chi connectivity index (χ0v) is 19.4. The van der Waals surface area contributed by atoms with Gasteiger partial charge in [-0.15, -0.1) is 24.0 Å². The van der Waals surface area contributed by atoms with E-state index < -0.39 is 0 Å². The average Bonchev–Trinajstić information content (AvgIpc) is 3.20. The van der Waals surface area contributed by atoms with Crippen LogP contribution in [0.1, 0.15) is 12.0 Å². The summed E-state index contributed by atoms with van der Waals surface area (Å²) in [7, 11) is 1.79. The Morgan fingerprint density at radius 3 is 2.79 bits per heavy atom. The molecular formula is C21H26ClIN4O2. The Labute approximate surface area is 193 Å². The topological polar surface area (TPSA) is 58.1 Å². The van der Waals surface area contributed by atoms with Gasteiger partial charge in [0.1, 0.15) is 13.2 Å². The third-order valence-electron chi connectivity index (χ3n) is 4.99. The molecule has 2 N–H and O–H groups in total.